The summed E-state index contributed by atoms with van der Waals surface area (Å²) in [4.78, 5) is 22.7. The SMILES string of the molecule is O=C(CSc1cccs1)NCC1CCCC1C(=O)O. The number of hydrogen-bond acceptors (Lipinski definition) is 4. The lowest BCUT2D eigenvalue weighted by Crippen LogP contribution is -2.33. The fourth-order valence-corrected chi connectivity index (χ4v) is 4.00. The van der Waals surface area contributed by atoms with Crippen molar-refractivity contribution in [3.63, 3.8) is 0 Å². The van der Waals surface area contributed by atoms with E-state index in [1.807, 2.05) is 17.5 Å². The van der Waals surface area contributed by atoms with E-state index in [2.05, 4.69) is 5.32 Å². The zero-order chi connectivity index (χ0) is 13.7. The smallest absolute Gasteiger partial charge is 0.306 e. The predicted octanol–water partition coefficient (Wildman–Crippen LogP) is 2.46. The molecule has 0 aliphatic heterocycles. The van der Waals surface area contributed by atoms with Crippen molar-refractivity contribution >= 4 is 35.0 Å². The first kappa shape index (κ1) is 14.4. The molecule has 2 rings (SSSR count). The third kappa shape index (κ3) is 4.24. The van der Waals surface area contributed by atoms with Gasteiger partial charge in [-0.15, -0.1) is 23.1 Å². The average Bonchev–Trinajstić information content (AvgIpc) is 3.04. The maximum Gasteiger partial charge on any atom is 0.306 e. The van der Waals surface area contributed by atoms with Crippen LogP contribution < -0.4 is 5.32 Å². The number of amides is 1. The third-order valence-corrected chi connectivity index (χ3v) is 5.51. The summed E-state index contributed by atoms with van der Waals surface area (Å²) in [7, 11) is 0. The number of carbonyl (C=O) groups is 2. The van der Waals surface area contributed by atoms with Crippen LogP contribution in [0.1, 0.15) is 19.3 Å². The fourth-order valence-electron chi connectivity index (χ4n) is 2.38. The van der Waals surface area contributed by atoms with Crippen LogP contribution in [0.4, 0.5) is 0 Å². The van der Waals surface area contributed by atoms with E-state index in [9.17, 15) is 9.59 Å². The van der Waals surface area contributed by atoms with Gasteiger partial charge < -0.3 is 10.4 Å². The van der Waals surface area contributed by atoms with Crippen LogP contribution in [0.5, 0.6) is 0 Å². The summed E-state index contributed by atoms with van der Waals surface area (Å²) in [6.45, 7) is 0.487. The van der Waals surface area contributed by atoms with Crippen molar-refractivity contribution in [1.29, 1.82) is 0 Å². The lowest BCUT2D eigenvalue weighted by Gasteiger charge is -2.16. The minimum Gasteiger partial charge on any atom is -0.481 e. The second kappa shape index (κ2) is 6.96. The highest BCUT2D eigenvalue weighted by Gasteiger charge is 2.32. The van der Waals surface area contributed by atoms with Gasteiger partial charge in [0, 0.05) is 6.54 Å². The molecule has 0 spiro atoms. The Bertz CT molecular complexity index is 433. The molecule has 0 radical (unpaired) electrons. The van der Waals surface area contributed by atoms with Gasteiger partial charge in [-0.1, -0.05) is 12.5 Å². The Balaban J connectivity index is 1.70. The van der Waals surface area contributed by atoms with E-state index in [1.165, 1.54) is 11.8 Å². The zero-order valence-electron chi connectivity index (χ0n) is 10.5. The fraction of sp³-hybridized carbons (Fsp3) is 0.538. The summed E-state index contributed by atoms with van der Waals surface area (Å²) >= 11 is 3.13. The molecule has 6 heteroatoms. The van der Waals surface area contributed by atoms with Gasteiger partial charge in [-0.25, -0.2) is 0 Å². The van der Waals surface area contributed by atoms with Crippen LogP contribution in [-0.4, -0.2) is 29.3 Å². The monoisotopic (exact) mass is 299 g/mol. The zero-order valence-corrected chi connectivity index (χ0v) is 12.1. The molecule has 1 aromatic rings. The molecular weight excluding hydrogens is 282 g/mol. The molecule has 0 saturated heterocycles. The van der Waals surface area contributed by atoms with Gasteiger partial charge in [-0.2, -0.15) is 0 Å². The molecule has 2 N–H and O–H groups in total. The maximum absolute atomic E-state index is 11.7. The lowest BCUT2D eigenvalue weighted by molar-refractivity contribution is -0.143. The van der Waals surface area contributed by atoms with E-state index in [0.29, 0.717) is 12.3 Å². The highest BCUT2D eigenvalue weighted by atomic mass is 32.2. The van der Waals surface area contributed by atoms with Gasteiger partial charge in [0.1, 0.15) is 0 Å². The molecule has 4 nitrogen and oxygen atoms in total. The van der Waals surface area contributed by atoms with Crippen molar-refractivity contribution in [2.24, 2.45) is 11.8 Å². The van der Waals surface area contributed by atoms with Crippen molar-refractivity contribution in [3.05, 3.63) is 17.5 Å². The highest BCUT2D eigenvalue weighted by Crippen LogP contribution is 2.31. The molecule has 1 amide bonds. The van der Waals surface area contributed by atoms with E-state index in [-0.39, 0.29) is 17.7 Å². The van der Waals surface area contributed by atoms with Crippen LogP contribution in [0.2, 0.25) is 0 Å². The summed E-state index contributed by atoms with van der Waals surface area (Å²) in [5, 5.41) is 13.9. The number of aliphatic carboxylic acids is 1. The Morgan fingerprint density at radius 3 is 3.00 bits per heavy atom. The Kier molecular flexibility index (Phi) is 5.27. The first-order valence-corrected chi connectivity index (χ1v) is 8.19. The number of thioether (sulfide) groups is 1. The van der Waals surface area contributed by atoms with Gasteiger partial charge in [0.2, 0.25) is 5.91 Å². The average molecular weight is 299 g/mol. The molecule has 1 fully saturated rings. The summed E-state index contributed by atoms with van der Waals surface area (Å²) in [5.41, 5.74) is 0. The number of hydrogen-bond donors (Lipinski definition) is 2. The minimum absolute atomic E-state index is 0.0190. The maximum atomic E-state index is 11.7. The van der Waals surface area contributed by atoms with E-state index in [1.54, 1.807) is 11.3 Å². The normalized spacial score (nSPS) is 22.3. The van der Waals surface area contributed by atoms with E-state index < -0.39 is 5.97 Å². The second-order valence-corrected chi connectivity index (χ2v) is 6.88. The number of rotatable bonds is 6. The molecule has 0 bridgehead atoms. The van der Waals surface area contributed by atoms with Crippen molar-refractivity contribution in [1.82, 2.24) is 5.32 Å². The van der Waals surface area contributed by atoms with Crippen LogP contribution in [0.25, 0.3) is 0 Å². The minimum atomic E-state index is -0.732. The molecule has 0 aromatic carbocycles. The second-order valence-electron chi connectivity index (χ2n) is 4.66. The molecule has 1 aliphatic carbocycles. The van der Waals surface area contributed by atoms with Gasteiger partial charge in [-0.3, -0.25) is 9.59 Å². The summed E-state index contributed by atoms with van der Waals surface area (Å²) in [6, 6.07) is 3.95. The molecule has 1 saturated carbocycles. The molecule has 19 heavy (non-hydrogen) atoms. The number of carbonyl (C=O) groups excluding carboxylic acids is 1. The number of carboxylic acids is 1. The van der Waals surface area contributed by atoms with Gasteiger partial charge in [0.25, 0.3) is 0 Å². The molecule has 104 valence electrons. The van der Waals surface area contributed by atoms with Crippen LogP contribution >= 0.6 is 23.1 Å². The van der Waals surface area contributed by atoms with Crippen LogP contribution in [0.15, 0.2) is 21.7 Å². The van der Waals surface area contributed by atoms with Crippen molar-refractivity contribution in [2.75, 3.05) is 12.3 Å². The summed E-state index contributed by atoms with van der Waals surface area (Å²) in [5.74, 6) is -0.553. The first-order valence-electron chi connectivity index (χ1n) is 6.32. The predicted molar refractivity (Wildman–Crippen MR) is 76.5 cm³/mol. The topological polar surface area (TPSA) is 66.4 Å². The molecular formula is C13H17NO3S2. The quantitative estimate of drug-likeness (QED) is 0.792. The Labute approximate surface area is 120 Å². The lowest BCUT2D eigenvalue weighted by atomic mass is 9.96. The third-order valence-electron chi connectivity index (χ3n) is 3.38. The Morgan fingerprint density at radius 2 is 2.32 bits per heavy atom. The Morgan fingerprint density at radius 1 is 1.47 bits per heavy atom. The summed E-state index contributed by atoms with van der Waals surface area (Å²) in [6.07, 6.45) is 2.58. The summed E-state index contributed by atoms with van der Waals surface area (Å²) < 4.78 is 1.12. The molecule has 2 unspecified atom stereocenters. The number of carboxylic acid groups (broad SMARTS) is 1. The van der Waals surface area contributed by atoms with Crippen LogP contribution in [0, 0.1) is 11.8 Å². The van der Waals surface area contributed by atoms with Crippen LogP contribution in [-0.2, 0) is 9.59 Å². The van der Waals surface area contributed by atoms with E-state index in [4.69, 9.17) is 5.11 Å². The van der Waals surface area contributed by atoms with Crippen molar-refractivity contribution < 1.29 is 14.7 Å². The van der Waals surface area contributed by atoms with Crippen molar-refractivity contribution in [3.8, 4) is 0 Å². The highest BCUT2D eigenvalue weighted by molar-refractivity contribution is 8.01. The number of thiophene rings is 1. The van der Waals surface area contributed by atoms with Crippen molar-refractivity contribution in [2.45, 2.75) is 23.5 Å². The van der Waals surface area contributed by atoms with E-state index in [0.717, 1.165) is 23.5 Å². The first-order chi connectivity index (χ1) is 9.16. The van der Waals surface area contributed by atoms with E-state index >= 15 is 0 Å². The molecule has 1 aromatic heterocycles. The molecule has 2 atom stereocenters. The molecule has 1 aliphatic rings. The largest absolute Gasteiger partial charge is 0.481 e. The molecule has 1 heterocycles. The Hall–Kier alpha value is -1.01. The van der Waals surface area contributed by atoms with Crippen LogP contribution in [0.3, 0.4) is 0 Å². The van der Waals surface area contributed by atoms with Gasteiger partial charge >= 0.3 is 5.97 Å². The van der Waals surface area contributed by atoms with Gasteiger partial charge in [0.05, 0.1) is 15.9 Å². The number of nitrogens with one attached hydrogen (secondary N) is 1. The van der Waals surface area contributed by atoms with Gasteiger partial charge in [0.15, 0.2) is 0 Å². The standard InChI is InChI=1S/C13H17NO3S2/c15-11(8-19-12-5-2-6-18-12)14-7-9-3-1-4-10(9)13(16)17/h2,5-6,9-10H,1,3-4,7-8H2,(H,14,15)(H,16,17). The van der Waals surface area contributed by atoms with Gasteiger partial charge in [-0.05, 0) is 30.2 Å².